The number of aliphatic hydroxyl groups excluding tert-OH is 1. The van der Waals surface area contributed by atoms with Crippen LogP contribution in [0.5, 0.6) is 0 Å². The van der Waals surface area contributed by atoms with Gasteiger partial charge in [0.15, 0.2) is 46.6 Å². The molecule has 0 unspecified atom stereocenters. The predicted molar refractivity (Wildman–Crippen MR) is 217 cm³/mol. The number of aliphatic hydroxyl groups is 1. The normalized spacial score (nSPS) is 13.7. The van der Waals surface area contributed by atoms with Crippen LogP contribution < -0.4 is 11.5 Å². The number of amides is 2. The van der Waals surface area contributed by atoms with Gasteiger partial charge in [0.05, 0.1) is 13.1 Å². The molecule has 331 valence electrons. The van der Waals surface area contributed by atoms with Gasteiger partial charge in [0.1, 0.15) is 11.6 Å². The number of nitrogens with zero attached hydrogens (tertiary/aromatic N) is 8. The van der Waals surface area contributed by atoms with Crippen molar-refractivity contribution in [1.29, 1.82) is 0 Å². The van der Waals surface area contributed by atoms with Crippen LogP contribution in [0.25, 0.3) is 0 Å². The number of aromatic nitrogens is 6. The molecular formula is C33H35F10I3N10O3V. The first-order chi connectivity index (χ1) is 27.9. The van der Waals surface area contributed by atoms with E-state index in [0.717, 1.165) is 19.3 Å². The molecule has 0 spiro atoms. The van der Waals surface area contributed by atoms with Crippen LogP contribution in [0.3, 0.4) is 0 Å². The molecule has 60 heavy (non-hydrogen) atoms. The topological polar surface area (TPSA) is 174 Å². The number of alkyl halides is 4. The van der Waals surface area contributed by atoms with Gasteiger partial charge in [-0.05, 0) is 29.7 Å². The molecule has 4 heterocycles. The van der Waals surface area contributed by atoms with Gasteiger partial charge in [0, 0.05) is 76.1 Å². The van der Waals surface area contributed by atoms with Crippen LogP contribution in [0.4, 0.5) is 43.9 Å². The molecule has 2 aromatic carbocycles. The zero-order chi connectivity index (χ0) is 44.1. The van der Waals surface area contributed by atoms with Crippen molar-refractivity contribution in [3.63, 3.8) is 0 Å². The molecule has 2 aliphatic rings. The van der Waals surface area contributed by atoms with E-state index in [1.807, 2.05) is 0 Å². The van der Waals surface area contributed by atoms with E-state index in [1.165, 1.54) is 18.9 Å². The van der Waals surface area contributed by atoms with Crippen molar-refractivity contribution in [3.05, 3.63) is 105 Å². The standard InChI is InChI=1S/C16H16F5N5O.C16H14F5N5O.CH4O.3HI.V/c17-10-6-12(19)11(18)4-8(10)3-9(22)5-14(27)25-1-2-26-13(7-25)23-24-16(26)15(20)21;17-9-3-8(14(19)11(18)5-9)4-10(22)6-13(27)25-1-2-26-12(7-25)23-24-16(26)15(20)21;1-2;;;;/h4,6,9,15H,1-3,5,7,22H2;3,5-6,15H,1-2,4,7,22H2;2H,1H3;3*1H;/q;;;;;;+2/p-2/b;10-6-;;;;;/t9-;;;;;;/m1....../s1. The third-order valence-electron chi connectivity index (χ3n) is 8.40. The number of hydrogen-bond acceptors (Lipinski definition) is 9. The fraction of sp³-hybridized carbons (Fsp3) is 0.394. The summed E-state index contributed by atoms with van der Waals surface area (Å²) in [5.74, 6) is -8.40. The number of nitrogens with two attached hydrogens (primary N) is 2. The number of benzene rings is 2. The quantitative estimate of drug-likeness (QED) is 0.0788. The molecule has 1 atom stereocenters. The number of fused-ring (bicyclic) bond motifs is 2. The zero-order valence-corrected chi connectivity index (χ0v) is 38.9. The number of allylic oxidation sites excluding steroid dienone is 1. The molecule has 13 nitrogen and oxygen atoms in total. The minimum atomic E-state index is -2.77. The van der Waals surface area contributed by atoms with Crippen LogP contribution in [0.1, 0.15) is 53.7 Å². The van der Waals surface area contributed by atoms with Gasteiger partial charge in [-0.3, -0.25) is 9.59 Å². The average Bonchev–Trinajstić information content (AvgIpc) is 3.81. The third kappa shape index (κ3) is 14.6. The summed E-state index contributed by atoms with van der Waals surface area (Å²) in [4.78, 5) is 27.3. The Kier molecular flexibility index (Phi) is 22.5. The molecule has 2 aliphatic heterocycles. The van der Waals surface area contributed by atoms with Crippen molar-refractivity contribution < 1.29 is 68.1 Å². The Morgan fingerprint density at radius 2 is 1.27 bits per heavy atom. The summed E-state index contributed by atoms with van der Waals surface area (Å²) in [6.07, 6.45) is -5.23. The van der Waals surface area contributed by atoms with Gasteiger partial charge in [0.25, 0.3) is 12.9 Å². The van der Waals surface area contributed by atoms with Crippen molar-refractivity contribution in [2.24, 2.45) is 11.5 Å². The molecule has 0 saturated heterocycles. The van der Waals surface area contributed by atoms with Crippen molar-refractivity contribution >= 4 is 75.7 Å². The Morgan fingerprint density at radius 3 is 1.80 bits per heavy atom. The molecule has 5 N–H and O–H groups in total. The van der Waals surface area contributed by atoms with Crippen LogP contribution in [-0.2, 0) is 58.1 Å². The molecule has 0 fully saturated rings. The zero-order valence-electron chi connectivity index (χ0n) is 30.9. The van der Waals surface area contributed by atoms with Gasteiger partial charge in [0.2, 0.25) is 11.8 Å². The molecule has 2 amide bonds. The SMILES string of the molecule is CO.I.N/C(=C\C(=O)N1CCn2c(nnc2C(F)F)C1)Cc1cc(F)cc(F)c1F.N[C@@H](CC(=O)N1CCn2c(nnc2C(F)F)C1)Cc1cc(F)c(F)cc1F.[I][V][I]. The predicted octanol–water partition coefficient (Wildman–Crippen LogP) is 5.99. The van der Waals surface area contributed by atoms with E-state index in [9.17, 15) is 53.5 Å². The monoisotopic (exact) mass is 1240 g/mol. The van der Waals surface area contributed by atoms with E-state index in [4.69, 9.17) is 16.6 Å². The molecule has 0 aliphatic carbocycles. The average molecular weight is 1240 g/mol. The van der Waals surface area contributed by atoms with Crippen molar-refractivity contribution in [2.45, 2.75) is 64.3 Å². The van der Waals surface area contributed by atoms with E-state index in [0.29, 0.717) is 27.7 Å². The summed E-state index contributed by atoms with van der Waals surface area (Å²) in [7, 11) is 1.63. The molecule has 0 saturated carbocycles. The van der Waals surface area contributed by atoms with E-state index in [2.05, 4.69) is 60.4 Å². The van der Waals surface area contributed by atoms with Crippen LogP contribution in [-0.4, -0.2) is 82.5 Å². The molecular weight excluding hydrogens is 1210 g/mol. The molecule has 6 rings (SSSR count). The van der Waals surface area contributed by atoms with Gasteiger partial charge in [-0.25, -0.2) is 43.9 Å². The maximum absolute atomic E-state index is 13.7. The Morgan fingerprint density at radius 1 is 0.767 bits per heavy atom. The Hall–Kier alpha value is -2.81. The third-order valence-corrected chi connectivity index (χ3v) is 8.40. The van der Waals surface area contributed by atoms with Gasteiger partial charge >= 0.3 is 49.4 Å². The maximum atomic E-state index is 13.7. The first kappa shape index (κ1) is 53.3. The van der Waals surface area contributed by atoms with E-state index >= 15 is 0 Å². The molecule has 0 bridgehead atoms. The van der Waals surface area contributed by atoms with Crippen LogP contribution in [0.2, 0.25) is 0 Å². The minimum absolute atomic E-state index is 0. The second-order valence-electron chi connectivity index (χ2n) is 12.3. The van der Waals surface area contributed by atoms with Crippen molar-refractivity contribution in [1.82, 2.24) is 39.3 Å². The molecule has 27 heteroatoms. The summed E-state index contributed by atoms with van der Waals surface area (Å²) in [6, 6.07) is 1.51. The summed E-state index contributed by atoms with van der Waals surface area (Å²) in [5.41, 5.74) is 11.0. The van der Waals surface area contributed by atoms with Gasteiger partial charge in [-0.2, -0.15) is 0 Å². The van der Waals surface area contributed by atoms with E-state index in [1.54, 1.807) is 0 Å². The van der Waals surface area contributed by atoms with Gasteiger partial charge < -0.3 is 35.5 Å². The Bertz CT molecular complexity index is 2100. The van der Waals surface area contributed by atoms with E-state index in [-0.39, 0.29) is 117 Å². The second kappa shape index (κ2) is 25.3. The molecule has 0 radical (unpaired) electrons. The summed E-state index contributed by atoms with van der Waals surface area (Å²) >= 11 is 4.74. The van der Waals surface area contributed by atoms with Crippen molar-refractivity contribution in [3.8, 4) is 0 Å². The van der Waals surface area contributed by atoms with Crippen molar-refractivity contribution in [2.75, 3.05) is 20.2 Å². The summed E-state index contributed by atoms with van der Waals surface area (Å²) < 4.78 is 134. The van der Waals surface area contributed by atoms with Gasteiger partial charge in [-0.15, -0.1) is 44.4 Å². The fourth-order valence-corrected chi connectivity index (χ4v) is 5.77. The molecule has 2 aromatic heterocycles. The van der Waals surface area contributed by atoms with E-state index < -0.39 is 71.4 Å². The van der Waals surface area contributed by atoms with Crippen LogP contribution in [0, 0.1) is 34.9 Å². The number of halogens is 13. The molecule has 4 aromatic rings. The summed E-state index contributed by atoms with van der Waals surface area (Å²) in [5, 5.41) is 21.1. The fourth-order valence-electron chi connectivity index (χ4n) is 5.77. The van der Waals surface area contributed by atoms with Crippen LogP contribution in [0.15, 0.2) is 36.0 Å². The number of carbonyl (C=O) groups is 2. The van der Waals surface area contributed by atoms with Crippen LogP contribution >= 0.6 is 63.9 Å². The Labute approximate surface area is 381 Å². The number of rotatable bonds is 9. The second-order valence-corrected chi connectivity index (χ2v) is 24.1. The van der Waals surface area contributed by atoms with Gasteiger partial charge in [-0.1, -0.05) is 0 Å². The first-order valence-corrected chi connectivity index (χ1v) is 25.8. The number of hydrogen-bond donors (Lipinski definition) is 3. The Balaban J connectivity index is 0.000000368. The summed E-state index contributed by atoms with van der Waals surface area (Å²) in [6.45, 7) is 0.467. The first-order valence-electron chi connectivity index (χ1n) is 16.8. The number of carbonyl (C=O) groups excluding carboxylic acids is 2.